The van der Waals surface area contributed by atoms with Crippen molar-refractivity contribution < 1.29 is 4.74 Å². The van der Waals surface area contributed by atoms with Gasteiger partial charge in [0.2, 0.25) is 0 Å². The van der Waals surface area contributed by atoms with Crippen molar-refractivity contribution in [1.82, 2.24) is 20.0 Å². The molecule has 0 bridgehead atoms. The smallest absolute Gasteiger partial charge is 0.193 e. The van der Waals surface area contributed by atoms with E-state index in [1.165, 1.54) is 11.1 Å². The molecule has 146 valence electrons. The van der Waals surface area contributed by atoms with Crippen LogP contribution in [0.1, 0.15) is 42.9 Å². The predicted molar refractivity (Wildman–Crippen MR) is 109 cm³/mol. The zero-order valence-corrected chi connectivity index (χ0v) is 16.6. The summed E-state index contributed by atoms with van der Waals surface area (Å²) < 4.78 is 7.82. The molecule has 1 aliphatic heterocycles. The Morgan fingerprint density at radius 3 is 2.89 bits per heavy atom. The lowest BCUT2D eigenvalue weighted by Crippen LogP contribution is -2.40. The van der Waals surface area contributed by atoms with Gasteiger partial charge in [-0.05, 0) is 30.9 Å². The van der Waals surface area contributed by atoms with Crippen LogP contribution in [0.4, 0.5) is 0 Å². The van der Waals surface area contributed by atoms with E-state index in [1.807, 2.05) is 31.0 Å². The molecule has 0 aliphatic carbocycles. The molecule has 3 rings (SSSR count). The Morgan fingerprint density at radius 1 is 1.37 bits per heavy atom. The van der Waals surface area contributed by atoms with Crippen molar-refractivity contribution >= 4 is 5.96 Å². The summed E-state index contributed by atoms with van der Waals surface area (Å²) in [4.78, 5) is 6.79. The molecule has 2 atom stereocenters. The fraction of sp³-hybridized carbons (Fsp3) is 0.524. The van der Waals surface area contributed by atoms with Crippen LogP contribution < -0.4 is 5.32 Å². The minimum Gasteiger partial charge on any atom is -0.374 e. The highest BCUT2D eigenvalue weighted by Crippen LogP contribution is 2.26. The third-order valence-corrected chi connectivity index (χ3v) is 5.14. The molecular weight excluding hydrogens is 338 g/mol. The number of aliphatic imine (C=N–C) groups is 1. The third-order valence-electron chi connectivity index (χ3n) is 5.14. The van der Waals surface area contributed by atoms with Gasteiger partial charge in [0.15, 0.2) is 5.96 Å². The number of likely N-dealkylation sites (tertiary alicyclic amines) is 1. The number of benzene rings is 1. The Balaban J connectivity index is 1.37. The Morgan fingerprint density at radius 2 is 2.19 bits per heavy atom. The summed E-state index contributed by atoms with van der Waals surface area (Å²) in [6, 6.07) is 10.3. The van der Waals surface area contributed by atoms with Gasteiger partial charge in [-0.25, -0.2) is 0 Å². The molecule has 0 radical (unpaired) electrons. The number of rotatable bonds is 7. The third kappa shape index (κ3) is 5.32. The number of aryl methyl sites for hydroxylation is 1. The van der Waals surface area contributed by atoms with Crippen molar-refractivity contribution in [2.45, 2.75) is 31.8 Å². The lowest BCUT2D eigenvalue weighted by Gasteiger charge is -2.22. The van der Waals surface area contributed by atoms with Crippen LogP contribution in [-0.2, 0) is 11.8 Å². The molecule has 2 unspecified atom stereocenters. The first-order valence-corrected chi connectivity index (χ1v) is 9.78. The average molecular weight is 370 g/mol. The van der Waals surface area contributed by atoms with Crippen molar-refractivity contribution in [3.8, 4) is 0 Å². The Kier molecular flexibility index (Phi) is 6.87. The monoisotopic (exact) mass is 369 g/mol. The lowest BCUT2D eigenvalue weighted by atomic mass is 10.0. The zero-order chi connectivity index (χ0) is 19.1. The van der Waals surface area contributed by atoms with E-state index in [4.69, 9.17) is 4.74 Å². The first kappa shape index (κ1) is 19.4. The largest absolute Gasteiger partial charge is 0.374 e. The number of nitrogens with zero attached hydrogens (tertiary/aromatic N) is 4. The number of hydrogen-bond acceptors (Lipinski definition) is 3. The number of ether oxygens (including phenoxy) is 1. The first-order valence-electron chi connectivity index (χ1n) is 9.78. The van der Waals surface area contributed by atoms with Gasteiger partial charge in [-0.1, -0.05) is 30.3 Å². The van der Waals surface area contributed by atoms with Gasteiger partial charge in [0.1, 0.15) is 0 Å². The van der Waals surface area contributed by atoms with Crippen LogP contribution >= 0.6 is 0 Å². The summed E-state index contributed by atoms with van der Waals surface area (Å²) in [5, 5.41) is 7.77. The molecule has 1 aromatic carbocycles. The summed E-state index contributed by atoms with van der Waals surface area (Å²) in [6.45, 7) is 5.72. The maximum absolute atomic E-state index is 5.94. The molecule has 27 heavy (non-hydrogen) atoms. The van der Waals surface area contributed by atoms with Gasteiger partial charge in [0.25, 0.3) is 0 Å². The highest BCUT2D eigenvalue weighted by Gasteiger charge is 2.26. The van der Waals surface area contributed by atoms with Gasteiger partial charge >= 0.3 is 0 Å². The molecule has 1 N–H and O–H groups in total. The Bertz CT molecular complexity index is 727. The Labute approximate surface area is 162 Å². The van der Waals surface area contributed by atoms with Crippen molar-refractivity contribution in [2.75, 3.05) is 33.3 Å². The maximum atomic E-state index is 5.94. The van der Waals surface area contributed by atoms with Crippen LogP contribution in [0.5, 0.6) is 0 Å². The van der Waals surface area contributed by atoms with E-state index >= 15 is 0 Å². The molecule has 2 aromatic rings. The van der Waals surface area contributed by atoms with Crippen LogP contribution in [0.15, 0.2) is 47.7 Å². The second-order valence-electron chi connectivity index (χ2n) is 7.13. The molecule has 0 amide bonds. The highest BCUT2D eigenvalue weighted by molar-refractivity contribution is 5.80. The first-order chi connectivity index (χ1) is 13.2. The van der Waals surface area contributed by atoms with Crippen LogP contribution in [-0.4, -0.2) is 53.9 Å². The SMILES string of the molecule is CN=C(NCCCOC(C)c1ccccc1)N1CCC(c2cnn(C)c2)C1. The van der Waals surface area contributed by atoms with Crippen molar-refractivity contribution in [3.63, 3.8) is 0 Å². The molecule has 1 saturated heterocycles. The minimum absolute atomic E-state index is 0.129. The molecule has 0 spiro atoms. The fourth-order valence-electron chi connectivity index (χ4n) is 3.56. The van der Waals surface area contributed by atoms with E-state index in [2.05, 4.69) is 57.7 Å². The second-order valence-corrected chi connectivity index (χ2v) is 7.13. The molecule has 2 heterocycles. The van der Waals surface area contributed by atoms with Gasteiger partial charge < -0.3 is 15.0 Å². The maximum Gasteiger partial charge on any atom is 0.193 e. The van der Waals surface area contributed by atoms with E-state index in [0.29, 0.717) is 5.92 Å². The second kappa shape index (κ2) is 9.55. The summed E-state index contributed by atoms with van der Waals surface area (Å²) in [5.74, 6) is 1.52. The van der Waals surface area contributed by atoms with E-state index in [1.54, 1.807) is 0 Å². The molecule has 1 aliphatic rings. The molecule has 6 nitrogen and oxygen atoms in total. The van der Waals surface area contributed by atoms with E-state index in [9.17, 15) is 0 Å². The van der Waals surface area contributed by atoms with Crippen LogP contribution in [0, 0.1) is 0 Å². The standard InChI is InChI=1S/C21H31N5O/c1-17(18-8-5-4-6-9-18)27-13-7-11-23-21(22-2)26-12-10-19(16-26)20-14-24-25(3)15-20/h4-6,8-9,14-15,17,19H,7,10-13,16H2,1-3H3,(H,22,23). The lowest BCUT2D eigenvalue weighted by molar-refractivity contribution is 0.0645. The summed E-state index contributed by atoms with van der Waals surface area (Å²) in [5.41, 5.74) is 2.54. The summed E-state index contributed by atoms with van der Waals surface area (Å²) in [6.07, 6.45) is 6.33. The zero-order valence-electron chi connectivity index (χ0n) is 16.6. The van der Waals surface area contributed by atoms with Crippen LogP contribution in [0.2, 0.25) is 0 Å². The number of hydrogen-bond donors (Lipinski definition) is 1. The predicted octanol–water partition coefficient (Wildman–Crippen LogP) is 2.95. The average Bonchev–Trinajstić information content (AvgIpc) is 3.34. The number of nitrogens with one attached hydrogen (secondary N) is 1. The highest BCUT2D eigenvalue weighted by atomic mass is 16.5. The molecule has 6 heteroatoms. The molecule has 1 fully saturated rings. The van der Waals surface area contributed by atoms with Crippen molar-refractivity contribution in [1.29, 1.82) is 0 Å². The van der Waals surface area contributed by atoms with Gasteiger partial charge in [-0.3, -0.25) is 9.67 Å². The number of aromatic nitrogens is 2. The van der Waals surface area contributed by atoms with Gasteiger partial charge in [-0.15, -0.1) is 0 Å². The van der Waals surface area contributed by atoms with Gasteiger partial charge in [0, 0.05) is 52.5 Å². The van der Waals surface area contributed by atoms with Crippen molar-refractivity contribution in [3.05, 3.63) is 53.9 Å². The van der Waals surface area contributed by atoms with Gasteiger partial charge in [0.05, 0.1) is 12.3 Å². The summed E-state index contributed by atoms with van der Waals surface area (Å²) >= 11 is 0. The van der Waals surface area contributed by atoms with Crippen LogP contribution in [0.3, 0.4) is 0 Å². The van der Waals surface area contributed by atoms with E-state index < -0.39 is 0 Å². The molecule has 1 aromatic heterocycles. The number of guanidine groups is 1. The van der Waals surface area contributed by atoms with Crippen LogP contribution in [0.25, 0.3) is 0 Å². The fourth-order valence-corrected chi connectivity index (χ4v) is 3.56. The molecule has 0 saturated carbocycles. The van der Waals surface area contributed by atoms with E-state index in [0.717, 1.165) is 45.0 Å². The normalized spacial score (nSPS) is 18.7. The summed E-state index contributed by atoms with van der Waals surface area (Å²) in [7, 11) is 3.82. The Hall–Kier alpha value is -2.34. The van der Waals surface area contributed by atoms with Gasteiger partial charge in [-0.2, -0.15) is 5.10 Å². The van der Waals surface area contributed by atoms with E-state index in [-0.39, 0.29) is 6.10 Å². The topological polar surface area (TPSA) is 54.7 Å². The van der Waals surface area contributed by atoms with Crippen molar-refractivity contribution in [2.24, 2.45) is 12.0 Å². The molecular formula is C21H31N5O. The minimum atomic E-state index is 0.129. The quantitative estimate of drug-likeness (QED) is 0.463.